The number of Topliss-reactive ketones (excluding diaryl/α,β-unsaturated/α-hetero) is 1. The van der Waals surface area contributed by atoms with Gasteiger partial charge >= 0.3 is 0 Å². The number of hydrogen-bond acceptors (Lipinski definition) is 2. The Labute approximate surface area is 125 Å². The zero-order valence-electron chi connectivity index (χ0n) is 12.3. The number of benzene rings is 2. The third-order valence-electron chi connectivity index (χ3n) is 3.34. The van der Waals surface area contributed by atoms with Crippen LogP contribution in [0.25, 0.3) is 0 Å². The van der Waals surface area contributed by atoms with E-state index < -0.39 is 0 Å². The van der Waals surface area contributed by atoms with Crippen molar-refractivity contribution in [2.45, 2.75) is 19.8 Å². The number of hydrogen-bond donors (Lipinski definition) is 1. The Kier molecular flexibility index (Phi) is 4.88. The Morgan fingerprint density at radius 2 is 1.52 bits per heavy atom. The van der Waals surface area contributed by atoms with Gasteiger partial charge in [0.05, 0.1) is 6.54 Å². The normalized spacial score (nSPS) is 10.4. The summed E-state index contributed by atoms with van der Waals surface area (Å²) >= 11 is 0. The second-order valence-corrected chi connectivity index (χ2v) is 5.25. The first-order valence-electron chi connectivity index (χ1n) is 7.04. The van der Waals surface area contributed by atoms with Crippen LogP contribution in [-0.2, 0) is 0 Å². The minimum absolute atomic E-state index is 0.00871. The summed E-state index contributed by atoms with van der Waals surface area (Å²) < 4.78 is 0. The molecule has 21 heavy (non-hydrogen) atoms. The number of amides is 1. The molecule has 0 aliphatic carbocycles. The second kappa shape index (κ2) is 6.84. The molecule has 0 fully saturated rings. The largest absolute Gasteiger partial charge is 0.345 e. The predicted molar refractivity (Wildman–Crippen MR) is 83.6 cm³/mol. The average molecular weight is 281 g/mol. The fourth-order valence-corrected chi connectivity index (χ4v) is 2.01. The molecule has 0 atom stereocenters. The van der Waals surface area contributed by atoms with Gasteiger partial charge in [-0.25, -0.2) is 0 Å². The number of rotatable bonds is 5. The summed E-state index contributed by atoms with van der Waals surface area (Å²) in [5.74, 6) is 0.110. The summed E-state index contributed by atoms with van der Waals surface area (Å²) in [5.41, 5.74) is 2.36. The van der Waals surface area contributed by atoms with E-state index in [2.05, 4.69) is 19.2 Å². The standard InChI is InChI=1S/C18H19NO2/c1-13(2)14-8-10-16(11-9-14)18(21)19-12-17(20)15-6-4-3-5-7-15/h3-11,13H,12H2,1-2H3,(H,19,21). The van der Waals surface area contributed by atoms with Crippen molar-refractivity contribution in [3.8, 4) is 0 Å². The van der Waals surface area contributed by atoms with Crippen LogP contribution in [0.15, 0.2) is 54.6 Å². The Hall–Kier alpha value is -2.42. The molecule has 0 aliphatic rings. The molecule has 0 bridgehead atoms. The molecular formula is C18H19NO2. The van der Waals surface area contributed by atoms with Crippen molar-refractivity contribution in [3.05, 3.63) is 71.3 Å². The Bertz CT molecular complexity index is 615. The minimum Gasteiger partial charge on any atom is -0.345 e. The van der Waals surface area contributed by atoms with Crippen molar-refractivity contribution >= 4 is 11.7 Å². The molecule has 0 aliphatic heterocycles. The van der Waals surface area contributed by atoms with E-state index in [-0.39, 0.29) is 18.2 Å². The molecule has 0 aromatic heterocycles. The molecule has 2 aromatic rings. The highest BCUT2D eigenvalue weighted by atomic mass is 16.2. The van der Waals surface area contributed by atoms with Crippen LogP contribution >= 0.6 is 0 Å². The zero-order chi connectivity index (χ0) is 15.2. The van der Waals surface area contributed by atoms with E-state index in [0.29, 0.717) is 17.0 Å². The van der Waals surface area contributed by atoms with Crippen molar-refractivity contribution < 1.29 is 9.59 Å². The highest BCUT2D eigenvalue weighted by Crippen LogP contribution is 2.14. The summed E-state index contributed by atoms with van der Waals surface area (Å²) in [4.78, 5) is 23.9. The lowest BCUT2D eigenvalue weighted by Gasteiger charge is -2.07. The third-order valence-corrected chi connectivity index (χ3v) is 3.34. The second-order valence-electron chi connectivity index (χ2n) is 5.25. The molecule has 1 amide bonds. The van der Waals surface area contributed by atoms with E-state index in [4.69, 9.17) is 0 Å². The van der Waals surface area contributed by atoms with Gasteiger partial charge in [-0.3, -0.25) is 9.59 Å². The fraction of sp³-hybridized carbons (Fsp3) is 0.222. The number of ketones is 1. The Morgan fingerprint density at radius 3 is 2.10 bits per heavy atom. The van der Waals surface area contributed by atoms with Crippen molar-refractivity contribution in [1.29, 1.82) is 0 Å². The molecule has 0 saturated heterocycles. The van der Waals surface area contributed by atoms with E-state index in [1.165, 1.54) is 5.56 Å². The minimum atomic E-state index is -0.227. The maximum atomic E-state index is 12.0. The van der Waals surface area contributed by atoms with Crippen LogP contribution in [0.1, 0.15) is 46.0 Å². The molecule has 0 saturated carbocycles. The maximum Gasteiger partial charge on any atom is 0.251 e. The van der Waals surface area contributed by atoms with Crippen LogP contribution in [0, 0.1) is 0 Å². The average Bonchev–Trinajstić information content (AvgIpc) is 2.53. The van der Waals surface area contributed by atoms with Gasteiger partial charge in [0.1, 0.15) is 0 Å². The molecule has 3 nitrogen and oxygen atoms in total. The topological polar surface area (TPSA) is 46.2 Å². The van der Waals surface area contributed by atoms with E-state index in [9.17, 15) is 9.59 Å². The summed E-state index contributed by atoms with van der Waals surface area (Å²) in [6, 6.07) is 16.4. The van der Waals surface area contributed by atoms with Crippen molar-refractivity contribution in [2.75, 3.05) is 6.54 Å². The van der Waals surface area contributed by atoms with Gasteiger partial charge in [0, 0.05) is 11.1 Å². The van der Waals surface area contributed by atoms with Gasteiger partial charge in [-0.1, -0.05) is 56.3 Å². The maximum absolute atomic E-state index is 12.0. The molecule has 0 unspecified atom stereocenters. The first kappa shape index (κ1) is 15.0. The highest BCUT2D eigenvalue weighted by Gasteiger charge is 2.09. The number of carbonyl (C=O) groups is 2. The summed E-state index contributed by atoms with van der Waals surface area (Å²) in [6.07, 6.45) is 0. The fourth-order valence-electron chi connectivity index (χ4n) is 2.01. The van der Waals surface area contributed by atoms with Crippen LogP contribution in [-0.4, -0.2) is 18.2 Å². The molecule has 1 N–H and O–H groups in total. The van der Waals surface area contributed by atoms with Crippen LogP contribution < -0.4 is 5.32 Å². The monoisotopic (exact) mass is 281 g/mol. The highest BCUT2D eigenvalue weighted by molar-refractivity contribution is 6.02. The lowest BCUT2D eigenvalue weighted by molar-refractivity contribution is 0.0904. The Morgan fingerprint density at radius 1 is 0.905 bits per heavy atom. The first-order chi connectivity index (χ1) is 10.1. The van der Waals surface area contributed by atoms with Gasteiger partial charge in [-0.2, -0.15) is 0 Å². The lowest BCUT2D eigenvalue weighted by atomic mass is 10.0. The molecular weight excluding hydrogens is 262 g/mol. The van der Waals surface area contributed by atoms with E-state index in [1.807, 2.05) is 18.2 Å². The quantitative estimate of drug-likeness (QED) is 0.853. The summed E-state index contributed by atoms with van der Waals surface area (Å²) in [5, 5.41) is 2.66. The van der Waals surface area contributed by atoms with E-state index in [0.717, 1.165) is 0 Å². The van der Waals surface area contributed by atoms with Crippen LogP contribution in [0.4, 0.5) is 0 Å². The summed E-state index contributed by atoms with van der Waals surface area (Å²) in [6.45, 7) is 4.22. The third kappa shape index (κ3) is 4.02. The molecule has 108 valence electrons. The van der Waals surface area contributed by atoms with Crippen LogP contribution in [0.3, 0.4) is 0 Å². The smallest absolute Gasteiger partial charge is 0.251 e. The van der Waals surface area contributed by atoms with Gasteiger partial charge in [0.2, 0.25) is 0 Å². The van der Waals surface area contributed by atoms with Crippen LogP contribution in [0.2, 0.25) is 0 Å². The molecule has 0 heterocycles. The van der Waals surface area contributed by atoms with Gasteiger partial charge in [-0.15, -0.1) is 0 Å². The predicted octanol–water partition coefficient (Wildman–Crippen LogP) is 3.42. The van der Waals surface area contributed by atoms with Gasteiger partial charge < -0.3 is 5.32 Å². The van der Waals surface area contributed by atoms with E-state index in [1.54, 1.807) is 36.4 Å². The van der Waals surface area contributed by atoms with Crippen molar-refractivity contribution in [2.24, 2.45) is 0 Å². The zero-order valence-corrected chi connectivity index (χ0v) is 12.3. The summed E-state index contributed by atoms with van der Waals surface area (Å²) in [7, 11) is 0. The molecule has 3 heteroatoms. The van der Waals surface area contributed by atoms with E-state index >= 15 is 0 Å². The van der Waals surface area contributed by atoms with Crippen molar-refractivity contribution in [1.82, 2.24) is 5.32 Å². The Balaban J connectivity index is 1.94. The number of nitrogens with one attached hydrogen (secondary N) is 1. The first-order valence-corrected chi connectivity index (χ1v) is 7.04. The van der Waals surface area contributed by atoms with Gasteiger partial charge in [-0.05, 0) is 23.6 Å². The molecule has 2 aromatic carbocycles. The molecule has 0 spiro atoms. The van der Waals surface area contributed by atoms with Gasteiger partial charge in [0.25, 0.3) is 5.91 Å². The SMILES string of the molecule is CC(C)c1ccc(C(=O)NCC(=O)c2ccccc2)cc1. The van der Waals surface area contributed by atoms with Crippen LogP contribution in [0.5, 0.6) is 0 Å². The molecule has 2 rings (SSSR count). The lowest BCUT2D eigenvalue weighted by Crippen LogP contribution is -2.29. The molecule has 0 radical (unpaired) electrons. The van der Waals surface area contributed by atoms with Gasteiger partial charge in [0.15, 0.2) is 5.78 Å². The number of carbonyl (C=O) groups excluding carboxylic acids is 2. The van der Waals surface area contributed by atoms with Crippen molar-refractivity contribution in [3.63, 3.8) is 0 Å².